The number of urea groups is 1. The number of amides is 3. The van der Waals surface area contributed by atoms with E-state index in [4.69, 9.17) is 0 Å². The summed E-state index contributed by atoms with van der Waals surface area (Å²) in [4.78, 5) is 36.2. The second-order valence-corrected chi connectivity index (χ2v) is 5.97. The zero-order valence-electron chi connectivity index (χ0n) is 14.1. The van der Waals surface area contributed by atoms with Crippen LogP contribution in [0.5, 0.6) is 0 Å². The number of rotatable bonds is 3. The Labute approximate surface area is 141 Å². The van der Waals surface area contributed by atoms with Gasteiger partial charge in [0.15, 0.2) is 0 Å². The maximum Gasteiger partial charge on any atom is 0.331 e. The number of benzene rings is 1. The normalized spacial score (nSPS) is 22.5. The van der Waals surface area contributed by atoms with E-state index < -0.39 is 5.92 Å². The lowest BCUT2D eigenvalue weighted by atomic mass is 9.91. The molecule has 24 heavy (non-hydrogen) atoms. The van der Waals surface area contributed by atoms with Crippen LogP contribution in [0.1, 0.15) is 12.5 Å². The standard InChI is InChI=1S/C18H20N4O2/c1-12-11-20-16-14(17(23)22(3)18(24)21(16)2)15(12)19-10-9-13-7-5-4-6-8-13/h4-8,11,14H,9-10H2,1-3H3. The predicted molar refractivity (Wildman–Crippen MR) is 93.1 cm³/mol. The Balaban J connectivity index is 1.86. The molecule has 1 atom stereocenters. The number of hydrogen-bond donors (Lipinski definition) is 0. The van der Waals surface area contributed by atoms with Gasteiger partial charge in [-0.2, -0.15) is 0 Å². The van der Waals surface area contributed by atoms with Crippen LogP contribution < -0.4 is 0 Å². The van der Waals surface area contributed by atoms with E-state index in [2.05, 4.69) is 22.1 Å². The summed E-state index contributed by atoms with van der Waals surface area (Å²) in [5, 5.41) is 0. The second kappa shape index (κ2) is 6.39. The number of aliphatic imine (C=N–C) groups is 2. The average molecular weight is 324 g/mol. The molecule has 0 aromatic heterocycles. The van der Waals surface area contributed by atoms with Gasteiger partial charge >= 0.3 is 6.03 Å². The molecule has 6 heteroatoms. The fourth-order valence-corrected chi connectivity index (χ4v) is 2.94. The van der Waals surface area contributed by atoms with Crippen LogP contribution in [0.3, 0.4) is 0 Å². The molecule has 3 amide bonds. The van der Waals surface area contributed by atoms with E-state index in [1.54, 1.807) is 13.2 Å². The Hall–Kier alpha value is -2.76. The smallest absolute Gasteiger partial charge is 0.288 e. The summed E-state index contributed by atoms with van der Waals surface area (Å²) in [7, 11) is 3.13. The number of allylic oxidation sites excluding steroid dienone is 1. The molecule has 0 spiro atoms. The van der Waals surface area contributed by atoms with E-state index in [-0.39, 0.29) is 11.9 Å². The first-order chi connectivity index (χ1) is 11.5. The Bertz CT molecular complexity index is 764. The van der Waals surface area contributed by atoms with Gasteiger partial charge in [-0.15, -0.1) is 0 Å². The monoisotopic (exact) mass is 324 g/mol. The van der Waals surface area contributed by atoms with Crippen LogP contribution in [0.15, 0.2) is 52.1 Å². The van der Waals surface area contributed by atoms with Gasteiger partial charge in [-0.3, -0.25) is 19.6 Å². The van der Waals surface area contributed by atoms with E-state index in [0.29, 0.717) is 18.1 Å². The number of imide groups is 1. The van der Waals surface area contributed by atoms with Crippen molar-refractivity contribution in [1.82, 2.24) is 9.80 Å². The van der Waals surface area contributed by atoms with E-state index in [1.165, 1.54) is 17.5 Å². The van der Waals surface area contributed by atoms with Crippen LogP contribution >= 0.6 is 0 Å². The third-order valence-corrected chi connectivity index (χ3v) is 4.35. The number of carbonyl (C=O) groups excluding carboxylic acids is 2. The maximum atomic E-state index is 12.6. The highest BCUT2D eigenvalue weighted by Crippen LogP contribution is 2.25. The number of nitrogens with zero attached hydrogens (tertiary/aromatic N) is 4. The summed E-state index contributed by atoms with van der Waals surface area (Å²) in [5.74, 6) is -0.423. The Morgan fingerprint density at radius 3 is 2.54 bits per heavy atom. The van der Waals surface area contributed by atoms with Crippen molar-refractivity contribution >= 4 is 23.5 Å². The van der Waals surface area contributed by atoms with Crippen LogP contribution in [0, 0.1) is 5.92 Å². The van der Waals surface area contributed by atoms with Crippen molar-refractivity contribution < 1.29 is 9.59 Å². The number of carbonyl (C=O) groups is 2. The summed E-state index contributed by atoms with van der Waals surface area (Å²) < 4.78 is 0. The third kappa shape index (κ3) is 2.75. The third-order valence-electron chi connectivity index (χ3n) is 4.35. The molecule has 0 N–H and O–H groups in total. The van der Waals surface area contributed by atoms with Crippen LogP contribution in [-0.2, 0) is 11.2 Å². The van der Waals surface area contributed by atoms with Gasteiger partial charge in [-0.05, 0) is 24.5 Å². The average Bonchev–Trinajstić information content (AvgIpc) is 2.60. The number of hydrogen-bond acceptors (Lipinski definition) is 4. The first-order valence-corrected chi connectivity index (χ1v) is 7.89. The lowest BCUT2D eigenvalue weighted by Crippen LogP contribution is -2.59. The van der Waals surface area contributed by atoms with Crippen LogP contribution in [0.25, 0.3) is 0 Å². The summed E-state index contributed by atoms with van der Waals surface area (Å²) in [6.45, 7) is 2.48. The molecule has 0 radical (unpaired) electrons. The Morgan fingerprint density at radius 1 is 1.12 bits per heavy atom. The molecule has 1 fully saturated rings. The van der Waals surface area contributed by atoms with Crippen LogP contribution in [-0.4, -0.2) is 53.9 Å². The minimum absolute atomic E-state index is 0.275. The highest BCUT2D eigenvalue weighted by molar-refractivity contribution is 6.33. The van der Waals surface area contributed by atoms with E-state index in [0.717, 1.165) is 16.9 Å². The van der Waals surface area contributed by atoms with Crippen LogP contribution in [0.2, 0.25) is 0 Å². The van der Waals surface area contributed by atoms with E-state index in [9.17, 15) is 9.59 Å². The molecule has 1 saturated heterocycles. The second-order valence-electron chi connectivity index (χ2n) is 5.97. The molecular weight excluding hydrogens is 304 g/mol. The fourth-order valence-electron chi connectivity index (χ4n) is 2.94. The molecule has 1 aromatic carbocycles. The van der Waals surface area contributed by atoms with Gasteiger partial charge in [0, 0.05) is 26.8 Å². The van der Waals surface area contributed by atoms with Gasteiger partial charge in [0.25, 0.3) is 0 Å². The molecule has 0 aliphatic carbocycles. The van der Waals surface area contributed by atoms with Gasteiger partial charge in [0.1, 0.15) is 11.8 Å². The van der Waals surface area contributed by atoms with E-state index >= 15 is 0 Å². The molecule has 0 bridgehead atoms. The molecule has 2 aliphatic rings. The SMILES string of the molecule is CC1=CN=C2C(C(=O)N(C)C(=O)N2C)C1=NCCc1ccccc1. The number of fused-ring (bicyclic) bond motifs is 1. The zero-order chi connectivity index (χ0) is 17.3. The predicted octanol–water partition coefficient (Wildman–Crippen LogP) is 2.13. The molecular formula is C18H20N4O2. The maximum absolute atomic E-state index is 12.6. The van der Waals surface area contributed by atoms with Gasteiger partial charge in [-0.1, -0.05) is 30.3 Å². The molecule has 1 unspecified atom stereocenters. The summed E-state index contributed by atoms with van der Waals surface area (Å²) in [6, 6.07) is 9.73. The van der Waals surface area contributed by atoms with Crippen molar-refractivity contribution in [3.63, 3.8) is 0 Å². The lowest BCUT2D eigenvalue weighted by molar-refractivity contribution is -0.128. The largest absolute Gasteiger partial charge is 0.331 e. The minimum Gasteiger partial charge on any atom is -0.288 e. The van der Waals surface area contributed by atoms with Crippen molar-refractivity contribution in [2.75, 3.05) is 20.6 Å². The first-order valence-electron chi connectivity index (χ1n) is 7.89. The fraction of sp³-hybridized carbons (Fsp3) is 0.333. The van der Waals surface area contributed by atoms with Gasteiger partial charge < -0.3 is 0 Å². The van der Waals surface area contributed by atoms with Crippen molar-refractivity contribution in [2.45, 2.75) is 13.3 Å². The van der Waals surface area contributed by atoms with Gasteiger partial charge in [-0.25, -0.2) is 9.79 Å². The molecule has 3 rings (SSSR count). The highest BCUT2D eigenvalue weighted by Gasteiger charge is 2.44. The first kappa shape index (κ1) is 16.1. The number of amidine groups is 1. The Kier molecular flexibility index (Phi) is 4.29. The molecule has 2 heterocycles. The summed E-state index contributed by atoms with van der Waals surface area (Å²) in [5.41, 5.74) is 2.76. The van der Waals surface area contributed by atoms with Gasteiger partial charge in [0.05, 0.1) is 5.71 Å². The van der Waals surface area contributed by atoms with Crippen molar-refractivity contribution in [3.05, 3.63) is 47.7 Å². The lowest BCUT2D eigenvalue weighted by Gasteiger charge is -2.37. The molecule has 0 saturated carbocycles. The quantitative estimate of drug-likeness (QED) is 0.855. The molecule has 6 nitrogen and oxygen atoms in total. The highest BCUT2D eigenvalue weighted by atomic mass is 16.2. The molecule has 2 aliphatic heterocycles. The van der Waals surface area contributed by atoms with Gasteiger partial charge in [0.2, 0.25) is 5.91 Å². The van der Waals surface area contributed by atoms with Crippen molar-refractivity contribution in [2.24, 2.45) is 15.9 Å². The molecule has 1 aromatic rings. The van der Waals surface area contributed by atoms with Crippen molar-refractivity contribution in [1.29, 1.82) is 0 Å². The minimum atomic E-state index is -0.599. The summed E-state index contributed by atoms with van der Waals surface area (Å²) in [6.07, 6.45) is 2.48. The zero-order valence-corrected chi connectivity index (χ0v) is 14.1. The van der Waals surface area contributed by atoms with Crippen molar-refractivity contribution in [3.8, 4) is 0 Å². The molecule has 124 valence electrons. The Morgan fingerprint density at radius 2 is 1.83 bits per heavy atom. The van der Waals surface area contributed by atoms with Crippen LogP contribution in [0.4, 0.5) is 4.79 Å². The van der Waals surface area contributed by atoms with E-state index in [1.807, 2.05) is 25.1 Å². The topological polar surface area (TPSA) is 65.3 Å². The summed E-state index contributed by atoms with van der Waals surface area (Å²) >= 11 is 0.